The molecule has 0 aromatic heterocycles. The molecule has 10 aromatic rings. The highest BCUT2D eigenvalue weighted by atomic mass is 31.1. The van der Waals surface area contributed by atoms with E-state index in [1.54, 1.807) is 164 Å². The molecule has 8 heteroatoms. The van der Waals surface area contributed by atoms with E-state index in [0.717, 1.165) is 0 Å². The summed E-state index contributed by atoms with van der Waals surface area (Å²) in [6.07, 6.45) is 10.4. The van der Waals surface area contributed by atoms with Crippen molar-refractivity contribution in [3.05, 3.63) is 476 Å². The highest BCUT2D eigenvalue weighted by molar-refractivity contribution is 7.80. The normalized spacial score (nSPS) is 30.6. The Morgan fingerprint density at radius 2 is 0.399 bits per heavy atom. The minimum absolute atomic E-state index is 0.0348. The number of rotatable bonds is 14. The highest BCUT2D eigenvalue weighted by Gasteiger charge is 2.65. The van der Waals surface area contributed by atoms with Gasteiger partial charge in [0.25, 0.3) is 0 Å². The lowest BCUT2D eigenvalue weighted by Gasteiger charge is -2.40. The van der Waals surface area contributed by atoms with Crippen LogP contribution in [0.5, 0.6) is 0 Å². The molecular formula is C140H152P8. The van der Waals surface area contributed by atoms with Crippen molar-refractivity contribution in [2.75, 3.05) is 49.3 Å². The van der Waals surface area contributed by atoms with Gasteiger partial charge in [0, 0.05) is 43.3 Å². The van der Waals surface area contributed by atoms with E-state index in [1.165, 1.54) is 138 Å². The predicted molar refractivity (Wildman–Crippen MR) is 661 cm³/mol. The van der Waals surface area contributed by atoms with Gasteiger partial charge in [-0.3, -0.25) is 0 Å². The smallest absolute Gasteiger partial charge is 0.0198 e. The second-order valence-corrected chi connectivity index (χ2v) is 66.9. The van der Waals surface area contributed by atoms with Crippen LogP contribution >= 0.6 is 63.4 Å². The zero-order chi connectivity index (χ0) is 104. The van der Waals surface area contributed by atoms with Crippen LogP contribution in [0.25, 0.3) is 55.2 Å². The van der Waals surface area contributed by atoms with E-state index >= 15 is 0 Å². The highest BCUT2D eigenvalue weighted by Crippen LogP contribution is 2.92. The van der Waals surface area contributed by atoms with Crippen LogP contribution in [0.1, 0.15) is 255 Å². The Bertz CT molecular complexity index is 7410. The first-order chi connectivity index (χ1) is 70.3. The topological polar surface area (TPSA) is 0 Å². The number of benzene rings is 10. The van der Waals surface area contributed by atoms with E-state index in [0.29, 0.717) is 0 Å². The summed E-state index contributed by atoms with van der Waals surface area (Å²) >= 11 is 0. The fourth-order valence-electron chi connectivity index (χ4n) is 31.0. The summed E-state index contributed by atoms with van der Waals surface area (Å²) in [6.45, 7) is 73.8. The maximum absolute atomic E-state index is 2.67. The molecule has 16 unspecified atom stereocenters. The molecule has 0 saturated carbocycles. The van der Waals surface area contributed by atoms with E-state index in [1.807, 2.05) is 0 Å². The van der Waals surface area contributed by atoms with Crippen molar-refractivity contribution >= 4 is 119 Å². The van der Waals surface area contributed by atoms with Gasteiger partial charge < -0.3 is 0 Å². The van der Waals surface area contributed by atoms with Gasteiger partial charge in [-0.25, -0.2) is 0 Å². The SMILES string of the molecule is CC1=C(C2=C(C)C3(C)CP2C(C(C)(C)C)=C3c2ccccc2)P2CC1(C)C(c1ccccc1)=C2C(C)(C)C.CC1=C(C2=C(C)C3(C)CP2C(c2ccccc2)=C3c2c(C)cc(C)cc2C)P2CC1(C)C(c1c(C)cc(C)cc1C)=C2c1ccccc1.CC1=C(C2=C(C)C3(C)CP2C=C3c2ccccc2)P2C=C(c3ccccc3)C1(C)C2.CC1=C(c2ccccc2)C2(C)CP1C(C1=C(C)C3(C)CP1C(C)=C3c1ccccc1)=C2C. The lowest BCUT2D eigenvalue weighted by Crippen LogP contribution is -2.23. The van der Waals surface area contributed by atoms with Gasteiger partial charge in [0.2, 0.25) is 0 Å². The molecule has 0 saturated heterocycles. The van der Waals surface area contributed by atoms with Crippen LogP contribution in [0.3, 0.4) is 0 Å². The first kappa shape index (κ1) is 103. The Labute approximate surface area is 898 Å². The third kappa shape index (κ3) is 15.1. The summed E-state index contributed by atoms with van der Waals surface area (Å²) < 4.78 is 0. The van der Waals surface area contributed by atoms with E-state index in [4.69, 9.17) is 0 Å². The van der Waals surface area contributed by atoms with Crippen molar-refractivity contribution < 1.29 is 0 Å². The minimum atomic E-state index is -0.505. The molecule has 148 heavy (non-hydrogen) atoms. The number of allylic oxidation sites excluding steroid dienone is 28. The van der Waals surface area contributed by atoms with E-state index in [9.17, 15) is 0 Å². The number of aryl methyl sites for hydroxylation is 6. The van der Waals surface area contributed by atoms with Crippen molar-refractivity contribution in [3.63, 3.8) is 0 Å². The first-order valence-electron chi connectivity index (χ1n) is 54.7. The Morgan fingerprint density at radius 1 is 0.196 bits per heavy atom. The fourth-order valence-corrected chi connectivity index (χ4v) is 63.3. The van der Waals surface area contributed by atoms with Crippen LogP contribution in [0.4, 0.5) is 0 Å². The summed E-state index contributed by atoms with van der Waals surface area (Å²) in [5.74, 6) is 5.33. The average Bonchev–Trinajstić information content (AvgIpc) is 1.50. The van der Waals surface area contributed by atoms with Crippen LogP contribution in [0, 0.1) is 95.7 Å². The first-order valence-corrected chi connectivity index (χ1v) is 67.0. The van der Waals surface area contributed by atoms with Crippen LogP contribution in [-0.2, 0) is 0 Å². The molecule has 752 valence electrons. The lowest BCUT2D eigenvalue weighted by atomic mass is 9.70. The molecule has 0 N–H and O–H groups in total. The molecule has 0 radical (unpaired) electrons. The van der Waals surface area contributed by atoms with Gasteiger partial charge in [0.05, 0.1) is 0 Å². The van der Waals surface area contributed by atoms with Crippen LogP contribution < -0.4 is 0 Å². The van der Waals surface area contributed by atoms with Gasteiger partial charge in [-0.05, 0) is 431 Å². The number of hydrogen-bond donors (Lipinski definition) is 0. The third-order valence-electron chi connectivity index (χ3n) is 38.8. The van der Waals surface area contributed by atoms with Gasteiger partial charge in [0.15, 0.2) is 0 Å². The van der Waals surface area contributed by atoms with E-state index < -0.39 is 15.8 Å². The van der Waals surface area contributed by atoms with Gasteiger partial charge in [-0.15, -0.1) is 0 Å². The van der Waals surface area contributed by atoms with Gasteiger partial charge >= 0.3 is 0 Å². The van der Waals surface area contributed by atoms with Crippen molar-refractivity contribution in [1.29, 1.82) is 0 Å². The summed E-state index contributed by atoms with van der Waals surface area (Å²) in [5, 5.41) is 24.4. The molecule has 16 aliphatic rings. The molecule has 16 aliphatic heterocycles. The van der Waals surface area contributed by atoms with Crippen LogP contribution in [0.15, 0.2) is 387 Å². The Balaban J connectivity index is 0.000000110. The largest absolute Gasteiger partial charge is 0.0622 e. The molecule has 16 heterocycles. The summed E-state index contributed by atoms with van der Waals surface area (Å²) in [5.41, 5.74) is 50.7. The Morgan fingerprint density at radius 3 is 0.655 bits per heavy atom. The number of hydrogen-bond acceptors (Lipinski definition) is 0. The molecule has 0 aliphatic carbocycles. The molecule has 0 spiro atoms. The summed E-state index contributed by atoms with van der Waals surface area (Å²) in [7, 11) is -2.45. The van der Waals surface area contributed by atoms with Crippen molar-refractivity contribution in [3.8, 4) is 0 Å². The van der Waals surface area contributed by atoms with Crippen LogP contribution in [0.2, 0.25) is 0 Å². The zero-order valence-electron chi connectivity index (χ0n) is 93.8. The van der Waals surface area contributed by atoms with Crippen molar-refractivity contribution in [2.24, 2.45) is 54.1 Å². The van der Waals surface area contributed by atoms with Crippen LogP contribution in [-0.4, -0.2) is 49.3 Å². The Hall–Kier alpha value is -8.52. The third-order valence-corrected chi connectivity index (χ3v) is 64.1. The quantitative estimate of drug-likeness (QED) is 0.0952. The standard InChI is InChI=1S/C46H48P2.C36H44P2.C30H32P2.C28H28P2/c1-27-21-29(3)37(30(4)22-27)39-43(35-17-13-11-14-18-35)47-25-45(39,9)33(7)41(47)42-34(8)46(10)26-48(42)44(36-19-15-12-16-20-36)40(46)38-31(5)23-28(2)24-32(38)6;1-23-29(37-21-35(23,9)27(31(37)33(3,4)5)25-17-13-11-14-18-25)30-24(2)36(10)22-38(30)32(34(6,7)8)28(36)26-19-15-12-16-20-26;1-19-27(31-17-29(19,5)25(21(31)3)23-13-9-7-10-14-23)28-20(2)30(6)18-32(28)22(4)26(30)24-15-11-8-12-16-24;1-19-25(29-15-23(27(19,3)17-29)21-11-7-5-8-12-21)26-20(2)28(4)18-30(26)16-24(28)22-13-9-6-10-14-22/h11-24H,25-26H2,1-10H3;11-20H,21-22H2,1-10H3;7-16H,17-18H2,1-6H3;5-16H,17-18H2,1-4H3. The zero-order valence-corrected chi connectivity index (χ0v) is 101. The molecule has 0 amide bonds. The van der Waals surface area contributed by atoms with E-state index in [-0.39, 0.29) is 102 Å². The lowest BCUT2D eigenvalue weighted by molar-refractivity contribution is 0.524. The van der Waals surface area contributed by atoms with Gasteiger partial charge in [-0.1, -0.05) is 431 Å². The molecular weight excluding hydrogens is 1930 g/mol. The summed E-state index contributed by atoms with van der Waals surface area (Å²) in [4.78, 5) is 0. The average molecular weight is 2080 g/mol. The molecule has 26 rings (SSSR count). The maximum Gasteiger partial charge on any atom is 0.0198 e. The molecule has 0 nitrogen and oxygen atoms in total. The fraction of sp³-hybridized carbons (Fsp3) is 0.343. The molecule has 10 aromatic carbocycles. The van der Waals surface area contributed by atoms with Gasteiger partial charge in [-0.2, -0.15) is 0 Å². The summed E-state index contributed by atoms with van der Waals surface area (Å²) in [6, 6.07) is 99.7. The predicted octanol–water partition coefficient (Wildman–Crippen LogP) is 43.1. The monoisotopic (exact) mass is 2080 g/mol. The van der Waals surface area contributed by atoms with Crippen molar-refractivity contribution in [2.45, 2.75) is 208 Å². The maximum atomic E-state index is 2.67. The van der Waals surface area contributed by atoms with E-state index in [2.05, 4.69) is 486 Å². The Kier molecular flexibility index (Phi) is 25.4. The molecule has 16 bridgehead atoms. The molecule has 16 atom stereocenters. The van der Waals surface area contributed by atoms with Gasteiger partial charge in [0.1, 0.15) is 0 Å². The molecule has 0 fully saturated rings. The second-order valence-electron chi connectivity index (χ2n) is 50.1. The minimum Gasteiger partial charge on any atom is -0.0622 e. The number of fused-ring (bicyclic) bond motifs is 16. The second kappa shape index (κ2) is 36.6. The van der Waals surface area contributed by atoms with Crippen molar-refractivity contribution in [1.82, 2.24) is 0 Å².